The van der Waals surface area contributed by atoms with Gasteiger partial charge in [-0.05, 0) is 11.5 Å². The molecule has 1 unspecified atom stereocenters. The molecule has 0 saturated heterocycles. The molecule has 6 heteroatoms. The summed E-state index contributed by atoms with van der Waals surface area (Å²) in [7, 11) is 1.35. The van der Waals surface area contributed by atoms with Crippen LogP contribution in [-0.4, -0.2) is 25.3 Å². The predicted molar refractivity (Wildman–Crippen MR) is 77.2 cm³/mol. The van der Waals surface area contributed by atoms with E-state index in [1.54, 1.807) is 0 Å². The molecule has 0 saturated carbocycles. The number of carboxylic acids is 1. The molecule has 1 rings (SSSR count). The fourth-order valence-electron chi connectivity index (χ4n) is 1.71. The van der Waals surface area contributed by atoms with Gasteiger partial charge in [0.05, 0.1) is 6.08 Å². The second-order valence-corrected chi connectivity index (χ2v) is 5.50. The van der Waals surface area contributed by atoms with E-state index in [-0.39, 0.29) is 5.92 Å². The summed E-state index contributed by atoms with van der Waals surface area (Å²) in [6.07, 6.45) is 1.51. The van der Waals surface area contributed by atoms with E-state index in [0.29, 0.717) is 12.2 Å². The Morgan fingerprint density at radius 3 is 2.40 bits per heavy atom. The molecule has 1 aromatic carbocycles. The first kappa shape index (κ1) is 16.6. The van der Waals surface area contributed by atoms with Crippen LogP contribution in [-0.2, 0) is 18.4 Å². The van der Waals surface area contributed by atoms with Gasteiger partial charge in [-0.25, -0.2) is 4.79 Å². The Labute approximate surface area is 120 Å². The number of benzene rings is 1. The zero-order chi connectivity index (χ0) is 15.0. The number of carbonyl (C=O) groups is 1. The van der Waals surface area contributed by atoms with E-state index in [1.807, 2.05) is 37.3 Å². The van der Waals surface area contributed by atoms with Crippen LogP contribution in [0.4, 0.5) is 0 Å². The number of rotatable bonds is 8. The van der Waals surface area contributed by atoms with E-state index in [4.69, 9.17) is 18.7 Å². The fourth-order valence-corrected chi connectivity index (χ4v) is 2.32. The van der Waals surface area contributed by atoms with Gasteiger partial charge in [-0.2, -0.15) is 0 Å². The van der Waals surface area contributed by atoms with E-state index in [1.165, 1.54) is 14.2 Å². The Balaban J connectivity index is 2.77. The zero-order valence-corrected chi connectivity index (χ0v) is 12.7. The Bertz CT molecular complexity index is 442. The van der Waals surface area contributed by atoms with E-state index in [2.05, 4.69) is 0 Å². The minimum Gasteiger partial charge on any atom is -0.478 e. The van der Waals surface area contributed by atoms with Crippen LogP contribution in [0.3, 0.4) is 0 Å². The van der Waals surface area contributed by atoms with E-state index in [0.717, 1.165) is 11.6 Å². The molecule has 110 valence electrons. The molecular weight excluding hydrogens is 279 g/mol. The first-order valence-corrected chi connectivity index (χ1v) is 7.21. The average Bonchev–Trinajstić information content (AvgIpc) is 2.44. The van der Waals surface area contributed by atoms with E-state index >= 15 is 0 Å². The van der Waals surface area contributed by atoms with Gasteiger partial charge in [0.2, 0.25) is 0 Å². The molecule has 1 atom stereocenters. The van der Waals surface area contributed by atoms with Crippen LogP contribution in [0.15, 0.2) is 42.2 Å². The second kappa shape index (κ2) is 8.69. The second-order valence-electron chi connectivity index (χ2n) is 4.14. The van der Waals surface area contributed by atoms with Gasteiger partial charge >= 0.3 is 14.6 Å². The minimum atomic E-state index is -1.56. The van der Waals surface area contributed by atoms with Crippen molar-refractivity contribution in [2.75, 3.05) is 14.2 Å². The highest BCUT2D eigenvalue weighted by Gasteiger charge is 2.17. The number of aliphatic carboxylic acids is 1. The number of hydrogen-bond donors (Lipinski definition) is 1. The molecule has 0 amide bonds. The highest BCUT2D eigenvalue weighted by Crippen LogP contribution is 2.41. The van der Waals surface area contributed by atoms with Gasteiger partial charge in [0.25, 0.3) is 0 Å². The molecule has 1 aromatic rings. The van der Waals surface area contributed by atoms with E-state index < -0.39 is 14.6 Å². The largest absolute Gasteiger partial charge is 0.478 e. The van der Waals surface area contributed by atoms with Crippen molar-refractivity contribution in [1.29, 1.82) is 0 Å². The normalized spacial score (nSPS) is 13.3. The van der Waals surface area contributed by atoms with Crippen LogP contribution in [0.2, 0.25) is 0 Å². The van der Waals surface area contributed by atoms with E-state index in [9.17, 15) is 4.79 Å². The van der Waals surface area contributed by atoms with Gasteiger partial charge in [-0.1, -0.05) is 37.3 Å². The quantitative estimate of drug-likeness (QED) is 0.450. The molecular formula is C14H19O5P. The molecule has 0 aliphatic carbocycles. The molecule has 0 radical (unpaired) electrons. The average molecular weight is 298 g/mol. The minimum absolute atomic E-state index is 0.132. The topological polar surface area (TPSA) is 65.0 Å². The summed E-state index contributed by atoms with van der Waals surface area (Å²) < 4.78 is 15.4. The lowest BCUT2D eigenvalue weighted by Crippen LogP contribution is -2.02. The molecule has 5 nitrogen and oxygen atoms in total. The van der Waals surface area contributed by atoms with Gasteiger partial charge in [-0.15, -0.1) is 0 Å². The highest BCUT2D eigenvalue weighted by atomic mass is 31.2. The molecule has 0 spiro atoms. The van der Waals surface area contributed by atoms with Crippen molar-refractivity contribution < 1.29 is 23.5 Å². The van der Waals surface area contributed by atoms with Crippen molar-refractivity contribution in [3.05, 3.63) is 47.7 Å². The summed E-state index contributed by atoms with van der Waals surface area (Å²) in [4.78, 5) is 10.9. The first-order valence-electron chi connectivity index (χ1n) is 6.11. The standard InChI is InChI=1S/C14H19O5P/c1-11(12-7-5-4-6-8-12)9-13(10-14(15)16)19-20(17-2)18-3/h4-8,10-11H,9H2,1-3H3,(H,15,16)/b13-10-. The lowest BCUT2D eigenvalue weighted by Gasteiger charge is -2.18. The summed E-state index contributed by atoms with van der Waals surface area (Å²) in [5.41, 5.74) is 1.12. The van der Waals surface area contributed by atoms with Crippen LogP contribution in [0.25, 0.3) is 0 Å². The molecule has 0 aliphatic heterocycles. The van der Waals surface area contributed by atoms with Crippen LogP contribution >= 0.6 is 8.60 Å². The zero-order valence-electron chi connectivity index (χ0n) is 11.8. The van der Waals surface area contributed by atoms with Crippen LogP contribution < -0.4 is 0 Å². The summed E-state index contributed by atoms with van der Waals surface area (Å²) >= 11 is 0. The highest BCUT2D eigenvalue weighted by molar-refractivity contribution is 7.41. The van der Waals surface area contributed by atoms with Crippen molar-refractivity contribution in [2.45, 2.75) is 19.3 Å². The molecule has 1 N–H and O–H groups in total. The molecule has 0 bridgehead atoms. The van der Waals surface area contributed by atoms with Crippen molar-refractivity contribution >= 4 is 14.6 Å². The van der Waals surface area contributed by atoms with Crippen LogP contribution in [0, 0.1) is 0 Å². The van der Waals surface area contributed by atoms with Crippen LogP contribution in [0.1, 0.15) is 24.8 Å². The lowest BCUT2D eigenvalue weighted by molar-refractivity contribution is -0.131. The Morgan fingerprint density at radius 1 is 1.30 bits per heavy atom. The van der Waals surface area contributed by atoms with Crippen molar-refractivity contribution in [2.24, 2.45) is 0 Å². The summed E-state index contributed by atoms with van der Waals surface area (Å²) in [6, 6.07) is 9.84. The van der Waals surface area contributed by atoms with Gasteiger partial charge in [0.1, 0.15) is 5.76 Å². The number of carboxylic acid groups (broad SMARTS) is 1. The lowest BCUT2D eigenvalue weighted by atomic mass is 9.97. The SMILES string of the molecule is COP(OC)O/C(=C\C(=O)O)CC(C)c1ccccc1. The molecule has 0 fully saturated rings. The Kier molecular flexibility index (Phi) is 7.23. The third-order valence-electron chi connectivity index (χ3n) is 2.65. The van der Waals surface area contributed by atoms with Gasteiger partial charge in [0.15, 0.2) is 0 Å². The predicted octanol–water partition coefficient (Wildman–Crippen LogP) is 3.69. The molecule has 0 heterocycles. The van der Waals surface area contributed by atoms with Gasteiger partial charge in [-0.3, -0.25) is 0 Å². The summed E-state index contributed by atoms with van der Waals surface area (Å²) in [5, 5.41) is 8.89. The smallest absolute Gasteiger partial charge is 0.396 e. The van der Waals surface area contributed by atoms with Gasteiger partial charge < -0.3 is 18.7 Å². The number of hydrogen-bond acceptors (Lipinski definition) is 4. The monoisotopic (exact) mass is 298 g/mol. The molecule has 0 aliphatic rings. The van der Waals surface area contributed by atoms with Gasteiger partial charge in [0, 0.05) is 20.6 Å². The fraction of sp³-hybridized carbons (Fsp3) is 0.357. The Hall–Kier alpha value is -1.42. The molecule has 20 heavy (non-hydrogen) atoms. The summed E-state index contributed by atoms with van der Waals surface area (Å²) in [5.74, 6) is -0.585. The maximum atomic E-state index is 10.9. The maximum absolute atomic E-state index is 10.9. The van der Waals surface area contributed by atoms with Crippen molar-refractivity contribution in [1.82, 2.24) is 0 Å². The Morgan fingerprint density at radius 2 is 1.90 bits per heavy atom. The van der Waals surface area contributed by atoms with Crippen molar-refractivity contribution in [3.8, 4) is 0 Å². The number of allylic oxidation sites excluding steroid dienone is 1. The first-order chi connectivity index (χ1) is 9.56. The third-order valence-corrected chi connectivity index (χ3v) is 3.63. The molecule has 0 aromatic heterocycles. The van der Waals surface area contributed by atoms with Crippen LogP contribution in [0.5, 0.6) is 0 Å². The van der Waals surface area contributed by atoms with Crippen molar-refractivity contribution in [3.63, 3.8) is 0 Å². The summed E-state index contributed by atoms with van der Waals surface area (Å²) in [6.45, 7) is 2.01. The third kappa shape index (κ3) is 5.70. The maximum Gasteiger partial charge on any atom is 0.396 e.